The first-order valence-electron chi connectivity index (χ1n) is 12.9. The number of amides is 4. The number of urea groups is 1. The van der Waals surface area contributed by atoms with E-state index in [1.165, 1.54) is 6.07 Å². The van der Waals surface area contributed by atoms with E-state index in [4.69, 9.17) is 5.73 Å². The van der Waals surface area contributed by atoms with Crippen molar-refractivity contribution in [3.05, 3.63) is 57.9 Å². The molecule has 0 saturated heterocycles. The number of phenolic OH excluding ortho intramolecular Hbond substituents is 1. The van der Waals surface area contributed by atoms with Gasteiger partial charge in [0, 0.05) is 36.2 Å². The normalized spacial score (nSPS) is 25.1. The molecule has 1 aromatic rings. The van der Waals surface area contributed by atoms with Gasteiger partial charge in [-0.3, -0.25) is 24.5 Å². The summed E-state index contributed by atoms with van der Waals surface area (Å²) in [6.07, 6.45) is 5.93. The lowest BCUT2D eigenvalue weighted by Gasteiger charge is -2.46. The van der Waals surface area contributed by atoms with Crippen molar-refractivity contribution in [1.29, 1.82) is 0 Å². The molecule has 0 bridgehead atoms. The zero-order chi connectivity index (χ0) is 29.8. The van der Waals surface area contributed by atoms with Crippen LogP contribution in [0, 0.1) is 11.8 Å². The van der Waals surface area contributed by atoms with Crippen LogP contribution in [0.2, 0.25) is 0 Å². The van der Waals surface area contributed by atoms with Gasteiger partial charge in [0.1, 0.15) is 17.1 Å². The molecule has 0 spiro atoms. The highest BCUT2D eigenvalue weighted by Gasteiger charge is 2.60. The molecule has 4 aliphatic carbocycles. The molecule has 13 nitrogen and oxygen atoms in total. The van der Waals surface area contributed by atoms with Gasteiger partial charge in [0.25, 0.3) is 11.8 Å². The number of nitrogens with two attached hydrogens (primary N) is 1. The van der Waals surface area contributed by atoms with Crippen molar-refractivity contribution in [3.63, 3.8) is 0 Å². The third-order valence-electron chi connectivity index (χ3n) is 8.11. The Bertz CT molecular complexity index is 1570. The monoisotopic (exact) mass is 564 g/mol. The zero-order valence-corrected chi connectivity index (χ0v) is 21.9. The van der Waals surface area contributed by atoms with Gasteiger partial charge in [0.05, 0.1) is 11.3 Å². The van der Waals surface area contributed by atoms with Crippen molar-refractivity contribution in [2.45, 2.75) is 37.7 Å². The van der Waals surface area contributed by atoms with Crippen LogP contribution in [0.15, 0.2) is 46.8 Å². The first-order valence-corrected chi connectivity index (χ1v) is 12.9. The molecule has 9 N–H and O–H groups in total. The Morgan fingerprint density at radius 1 is 1.10 bits per heavy atom. The number of hydrogen-bond acceptors (Lipinski definition) is 10. The maximum absolute atomic E-state index is 13.7. The second kappa shape index (κ2) is 9.93. The van der Waals surface area contributed by atoms with Crippen molar-refractivity contribution in [3.8, 4) is 5.75 Å². The molecular formula is C28H28N4O9. The average Bonchev–Trinajstić information content (AvgIpc) is 2.92. The van der Waals surface area contributed by atoms with E-state index in [1.54, 1.807) is 19.2 Å². The molecular weight excluding hydrogens is 536 g/mol. The van der Waals surface area contributed by atoms with E-state index < -0.39 is 76.1 Å². The number of aliphatic hydroxyl groups is 3. The topological polar surface area (TPSA) is 228 Å². The number of rotatable bonds is 4. The van der Waals surface area contributed by atoms with Crippen molar-refractivity contribution in [1.82, 2.24) is 5.32 Å². The van der Waals surface area contributed by atoms with Crippen LogP contribution in [0.4, 0.5) is 16.2 Å². The van der Waals surface area contributed by atoms with Crippen molar-refractivity contribution in [2.75, 3.05) is 17.7 Å². The summed E-state index contributed by atoms with van der Waals surface area (Å²) in [4.78, 5) is 63.0. The number of benzene rings is 1. The van der Waals surface area contributed by atoms with Gasteiger partial charge in [-0.2, -0.15) is 0 Å². The van der Waals surface area contributed by atoms with Crippen molar-refractivity contribution >= 4 is 46.5 Å². The molecule has 4 amide bonds. The average molecular weight is 565 g/mol. The molecule has 0 radical (unpaired) electrons. The molecule has 1 fully saturated rings. The van der Waals surface area contributed by atoms with Crippen LogP contribution in [0.3, 0.4) is 0 Å². The van der Waals surface area contributed by atoms with Gasteiger partial charge < -0.3 is 36.8 Å². The van der Waals surface area contributed by atoms with Crippen LogP contribution in [0.25, 0.3) is 5.76 Å². The Hall–Kier alpha value is -4.91. The van der Waals surface area contributed by atoms with Gasteiger partial charge in [0.2, 0.25) is 5.78 Å². The van der Waals surface area contributed by atoms with Crippen LogP contribution in [0.5, 0.6) is 5.75 Å². The highest BCUT2D eigenvalue weighted by atomic mass is 16.3. The first kappa shape index (κ1) is 27.6. The highest BCUT2D eigenvalue weighted by Crippen LogP contribution is 2.53. The van der Waals surface area contributed by atoms with E-state index >= 15 is 0 Å². The molecule has 13 heteroatoms. The number of aromatic hydroxyl groups is 1. The summed E-state index contributed by atoms with van der Waals surface area (Å²) in [6.45, 7) is 0. The van der Waals surface area contributed by atoms with E-state index in [0.29, 0.717) is 29.7 Å². The van der Waals surface area contributed by atoms with Gasteiger partial charge in [-0.05, 0) is 43.2 Å². The summed E-state index contributed by atoms with van der Waals surface area (Å²) < 4.78 is 0. The Labute approximate surface area is 233 Å². The molecule has 5 rings (SSSR count). The van der Waals surface area contributed by atoms with Crippen molar-refractivity contribution in [2.24, 2.45) is 17.6 Å². The fourth-order valence-corrected chi connectivity index (χ4v) is 6.14. The lowest BCUT2D eigenvalue weighted by atomic mass is 9.59. The number of anilines is 2. The summed E-state index contributed by atoms with van der Waals surface area (Å²) >= 11 is 0. The van der Waals surface area contributed by atoms with E-state index in [0.717, 1.165) is 0 Å². The number of nitrogens with one attached hydrogen (secondary N) is 3. The van der Waals surface area contributed by atoms with Gasteiger partial charge >= 0.3 is 6.03 Å². The molecule has 0 heterocycles. The van der Waals surface area contributed by atoms with Gasteiger partial charge in [0.15, 0.2) is 17.1 Å². The van der Waals surface area contributed by atoms with E-state index in [1.807, 2.05) is 6.08 Å². The maximum Gasteiger partial charge on any atom is 0.326 e. The predicted molar refractivity (Wildman–Crippen MR) is 145 cm³/mol. The number of allylic oxidation sites excluding steroid dienone is 3. The molecule has 1 aromatic carbocycles. The summed E-state index contributed by atoms with van der Waals surface area (Å²) in [7, 11) is 1.57. The van der Waals surface area contributed by atoms with Crippen LogP contribution in [0.1, 0.15) is 36.8 Å². The van der Waals surface area contributed by atoms with Gasteiger partial charge in [-0.1, -0.05) is 18.2 Å². The number of fused-ring (bicyclic) bond motifs is 3. The summed E-state index contributed by atoms with van der Waals surface area (Å²) in [5.74, 6) is -8.12. The fraction of sp³-hybridized carbons (Fsp3) is 0.321. The minimum Gasteiger partial charge on any atom is -0.508 e. The summed E-state index contributed by atoms with van der Waals surface area (Å²) in [5.41, 5.74) is 2.12. The second-order valence-corrected chi connectivity index (χ2v) is 10.4. The minimum absolute atomic E-state index is 0.0115. The number of Topliss-reactive ketones (excluding diaryl/α,β-unsaturated/α-hetero) is 2. The zero-order valence-electron chi connectivity index (χ0n) is 21.9. The Morgan fingerprint density at radius 3 is 2.46 bits per heavy atom. The third kappa shape index (κ3) is 4.25. The van der Waals surface area contributed by atoms with E-state index in [9.17, 15) is 44.4 Å². The summed E-state index contributed by atoms with van der Waals surface area (Å²) in [6, 6.07) is 0.452. The first-order chi connectivity index (χ1) is 19.4. The SMILES string of the molecule is CNc1cc(NC(=O)NC(=O)C2=CC=CCC2)c(O)c2c1C[C@H]1C[C@H]3CC(=O)C(C(N)=O)=C(O)[C@@]3(O)C(=O)C1=C2O. The number of phenols is 1. The number of aliphatic hydroxyl groups excluding tert-OH is 2. The van der Waals surface area contributed by atoms with Gasteiger partial charge in [-0.25, -0.2) is 4.79 Å². The lowest BCUT2D eigenvalue weighted by Crippen LogP contribution is -2.58. The molecule has 0 aromatic heterocycles. The third-order valence-corrected chi connectivity index (χ3v) is 8.11. The smallest absolute Gasteiger partial charge is 0.326 e. The molecule has 0 aliphatic heterocycles. The highest BCUT2D eigenvalue weighted by molar-refractivity contribution is 6.23. The van der Waals surface area contributed by atoms with E-state index in [-0.39, 0.29) is 29.7 Å². The molecule has 41 heavy (non-hydrogen) atoms. The standard InChI is InChI=1S/C28H28N4O9/c1-30-15-10-16(31-27(40)32-26(39)11-5-3-2-4-6-11)21(34)19-14(15)8-12-7-13-9-17(33)20(25(29)38)24(37)28(13,41)23(36)18(12)22(19)35/h2-3,5,10,12-13,30,34-35,37,41H,4,6-9H2,1H3,(H2,29,38)(H2,31,32,39,40)/t12-,13+,28+/m1/s1. The number of carbonyl (C=O) groups is 5. The van der Waals surface area contributed by atoms with Crippen LogP contribution < -0.4 is 21.7 Å². The van der Waals surface area contributed by atoms with Gasteiger partial charge in [-0.15, -0.1) is 0 Å². The number of hydrogen-bond donors (Lipinski definition) is 8. The lowest BCUT2D eigenvalue weighted by molar-refractivity contribution is -0.147. The van der Waals surface area contributed by atoms with Crippen LogP contribution >= 0.6 is 0 Å². The van der Waals surface area contributed by atoms with E-state index in [2.05, 4.69) is 16.0 Å². The number of imide groups is 1. The predicted octanol–water partition coefficient (Wildman–Crippen LogP) is 1.39. The van der Waals surface area contributed by atoms with Crippen LogP contribution in [-0.4, -0.2) is 62.5 Å². The summed E-state index contributed by atoms with van der Waals surface area (Å²) in [5, 5.41) is 52.0. The fourth-order valence-electron chi connectivity index (χ4n) is 6.14. The minimum atomic E-state index is -2.68. The molecule has 3 atom stereocenters. The molecule has 1 saturated carbocycles. The number of ketones is 2. The Kier molecular flexibility index (Phi) is 6.70. The van der Waals surface area contributed by atoms with Crippen LogP contribution in [-0.2, 0) is 25.6 Å². The Balaban J connectivity index is 1.54. The molecule has 4 aliphatic rings. The number of carbonyl (C=O) groups excluding carboxylic acids is 5. The molecule has 214 valence electrons. The second-order valence-electron chi connectivity index (χ2n) is 10.4. The number of primary amides is 1. The largest absolute Gasteiger partial charge is 0.508 e. The molecule has 0 unspecified atom stereocenters. The maximum atomic E-state index is 13.7. The Morgan fingerprint density at radius 2 is 1.83 bits per heavy atom. The van der Waals surface area contributed by atoms with Crippen molar-refractivity contribution < 1.29 is 44.4 Å². The quantitative estimate of drug-likeness (QED) is 0.149.